The second-order valence-corrected chi connectivity index (χ2v) is 8.45. The maximum Gasteiger partial charge on any atom is 0.238 e. The lowest BCUT2D eigenvalue weighted by atomic mass is 9.73. The van der Waals surface area contributed by atoms with Crippen molar-refractivity contribution in [3.63, 3.8) is 0 Å². The van der Waals surface area contributed by atoms with Crippen LogP contribution in [0.3, 0.4) is 0 Å². The topological polar surface area (TPSA) is 52.7 Å². The first-order valence-corrected chi connectivity index (χ1v) is 10.4. The molecular formula is C24H29N3O2. The van der Waals surface area contributed by atoms with Gasteiger partial charge in [0.25, 0.3) is 0 Å². The largest absolute Gasteiger partial charge is 0.353 e. The molecule has 0 aromatic heterocycles. The zero-order valence-corrected chi connectivity index (χ0v) is 17.2. The Morgan fingerprint density at radius 3 is 2.41 bits per heavy atom. The second kappa shape index (κ2) is 7.99. The zero-order valence-electron chi connectivity index (χ0n) is 17.2. The molecule has 1 atom stereocenters. The van der Waals surface area contributed by atoms with E-state index in [-0.39, 0.29) is 24.3 Å². The Labute approximate surface area is 172 Å². The summed E-state index contributed by atoms with van der Waals surface area (Å²) >= 11 is 0. The van der Waals surface area contributed by atoms with Crippen molar-refractivity contribution in [3.05, 3.63) is 65.7 Å². The number of para-hydroxylation sites is 1. The number of hydrogen-bond donors (Lipinski definition) is 1. The van der Waals surface area contributed by atoms with E-state index in [1.165, 1.54) is 0 Å². The smallest absolute Gasteiger partial charge is 0.238 e. The molecule has 2 aromatic rings. The third-order valence-electron chi connectivity index (χ3n) is 6.39. The molecule has 0 aliphatic carbocycles. The highest BCUT2D eigenvalue weighted by atomic mass is 16.2. The third-order valence-corrected chi connectivity index (χ3v) is 6.39. The van der Waals surface area contributed by atoms with E-state index in [1.54, 1.807) is 4.90 Å². The third kappa shape index (κ3) is 3.79. The highest BCUT2D eigenvalue weighted by Gasteiger charge is 2.50. The molecule has 1 fully saturated rings. The lowest BCUT2D eigenvalue weighted by molar-refractivity contribution is -0.130. The van der Waals surface area contributed by atoms with E-state index in [4.69, 9.17) is 0 Å². The van der Waals surface area contributed by atoms with Crippen molar-refractivity contribution >= 4 is 17.5 Å². The average molecular weight is 392 g/mol. The second-order valence-electron chi connectivity index (χ2n) is 8.45. The van der Waals surface area contributed by atoms with Gasteiger partial charge in [-0.3, -0.25) is 9.59 Å². The average Bonchev–Trinajstić information content (AvgIpc) is 2.93. The monoisotopic (exact) mass is 391 g/mol. The van der Waals surface area contributed by atoms with Crippen LogP contribution < -0.4 is 10.2 Å². The van der Waals surface area contributed by atoms with Crippen LogP contribution in [0.25, 0.3) is 0 Å². The molecule has 0 radical (unpaired) electrons. The Morgan fingerprint density at radius 2 is 1.69 bits per heavy atom. The van der Waals surface area contributed by atoms with Crippen molar-refractivity contribution in [2.24, 2.45) is 0 Å². The molecule has 29 heavy (non-hydrogen) atoms. The van der Waals surface area contributed by atoms with Gasteiger partial charge in [0, 0.05) is 25.2 Å². The fraction of sp³-hybridized carbons (Fsp3) is 0.417. The van der Waals surface area contributed by atoms with Gasteiger partial charge in [-0.25, -0.2) is 0 Å². The minimum absolute atomic E-state index is 0.00100. The Balaban J connectivity index is 1.63. The molecule has 2 heterocycles. The minimum Gasteiger partial charge on any atom is -0.353 e. The summed E-state index contributed by atoms with van der Waals surface area (Å²) in [4.78, 5) is 30.6. The van der Waals surface area contributed by atoms with Crippen LogP contribution in [0.5, 0.6) is 0 Å². The summed E-state index contributed by atoms with van der Waals surface area (Å²) in [5.74, 6) is -0.0324. The van der Waals surface area contributed by atoms with Gasteiger partial charge in [0.2, 0.25) is 11.8 Å². The van der Waals surface area contributed by atoms with Gasteiger partial charge in [-0.15, -0.1) is 0 Å². The normalized spacial score (nSPS) is 22.6. The van der Waals surface area contributed by atoms with Gasteiger partial charge >= 0.3 is 0 Å². The first kappa shape index (κ1) is 19.6. The highest BCUT2D eigenvalue weighted by Crippen LogP contribution is 2.45. The van der Waals surface area contributed by atoms with E-state index < -0.39 is 5.41 Å². The number of likely N-dealkylation sites (N-methyl/N-ethyl adjacent to an activating group) is 1. The molecule has 2 aromatic carbocycles. The van der Waals surface area contributed by atoms with Crippen LogP contribution in [0, 0.1) is 0 Å². The number of anilines is 1. The molecular weight excluding hydrogens is 362 g/mol. The van der Waals surface area contributed by atoms with Gasteiger partial charge in [0.1, 0.15) is 0 Å². The molecule has 0 bridgehead atoms. The quantitative estimate of drug-likeness (QED) is 0.853. The molecule has 1 N–H and O–H groups in total. The summed E-state index contributed by atoms with van der Waals surface area (Å²) in [6.45, 7) is 1.98. The summed E-state index contributed by atoms with van der Waals surface area (Å²) < 4.78 is 0. The summed E-state index contributed by atoms with van der Waals surface area (Å²) in [6, 6.07) is 18.1. The van der Waals surface area contributed by atoms with E-state index in [9.17, 15) is 9.59 Å². The molecule has 5 heteroatoms. The number of fused-ring (bicyclic) bond motifs is 1. The van der Waals surface area contributed by atoms with Crippen LogP contribution in [-0.2, 0) is 21.4 Å². The van der Waals surface area contributed by atoms with Crippen LogP contribution in [-0.4, -0.2) is 49.9 Å². The Bertz CT molecular complexity index is 890. The molecule has 1 saturated heterocycles. The van der Waals surface area contributed by atoms with Crippen LogP contribution in [0.2, 0.25) is 0 Å². The lowest BCUT2D eigenvalue weighted by Crippen LogP contribution is -2.48. The first-order valence-electron chi connectivity index (χ1n) is 10.4. The molecule has 4 rings (SSSR count). The first-order chi connectivity index (χ1) is 14.0. The van der Waals surface area contributed by atoms with Gasteiger partial charge < -0.3 is 15.1 Å². The number of piperidine rings is 1. The summed E-state index contributed by atoms with van der Waals surface area (Å²) in [7, 11) is 3.92. The molecule has 5 nitrogen and oxygen atoms in total. The molecule has 152 valence electrons. The fourth-order valence-electron chi connectivity index (χ4n) is 4.77. The maximum atomic E-state index is 13.5. The lowest BCUT2D eigenvalue weighted by Gasteiger charge is -2.32. The Hall–Kier alpha value is -2.66. The van der Waals surface area contributed by atoms with Crippen LogP contribution in [0.1, 0.15) is 30.4 Å². The van der Waals surface area contributed by atoms with Gasteiger partial charge in [0.15, 0.2) is 0 Å². The maximum absolute atomic E-state index is 13.5. The van der Waals surface area contributed by atoms with Gasteiger partial charge in [-0.2, -0.15) is 0 Å². The van der Waals surface area contributed by atoms with Gasteiger partial charge in [0.05, 0.1) is 5.41 Å². The van der Waals surface area contributed by atoms with Crippen LogP contribution in [0.15, 0.2) is 54.6 Å². The molecule has 0 saturated carbocycles. The number of nitrogens with zero attached hydrogens (tertiary/aromatic N) is 2. The predicted molar refractivity (Wildman–Crippen MR) is 115 cm³/mol. The van der Waals surface area contributed by atoms with Gasteiger partial charge in [-0.1, -0.05) is 48.5 Å². The van der Waals surface area contributed by atoms with Crippen molar-refractivity contribution in [2.45, 2.75) is 37.1 Å². The zero-order chi connectivity index (χ0) is 20.4. The molecule has 0 spiro atoms. The number of likely N-dealkylation sites (tertiary alicyclic amines) is 1. The Morgan fingerprint density at radius 1 is 1.03 bits per heavy atom. The van der Waals surface area contributed by atoms with E-state index in [2.05, 4.69) is 17.3 Å². The number of carbonyl (C=O) groups excluding carboxylic acids is 2. The summed E-state index contributed by atoms with van der Waals surface area (Å²) in [5.41, 5.74) is 2.07. The fourth-order valence-corrected chi connectivity index (χ4v) is 4.77. The van der Waals surface area contributed by atoms with Crippen molar-refractivity contribution in [2.75, 3.05) is 32.1 Å². The Kier molecular flexibility index (Phi) is 5.41. The highest BCUT2D eigenvalue weighted by molar-refractivity contribution is 6.09. The number of benzene rings is 2. The number of carbonyl (C=O) groups is 2. The predicted octanol–water partition coefficient (Wildman–Crippen LogP) is 2.74. The van der Waals surface area contributed by atoms with E-state index in [1.807, 2.05) is 61.6 Å². The van der Waals surface area contributed by atoms with Crippen LogP contribution in [0.4, 0.5) is 5.69 Å². The molecule has 0 unspecified atom stereocenters. The number of hydrogen-bond acceptors (Lipinski definition) is 3. The molecule has 2 amide bonds. The van der Waals surface area contributed by atoms with Crippen molar-refractivity contribution in [1.29, 1.82) is 0 Å². The van der Waals surface area contributed by atoms with Crippen LogP contribution >= 0.6 is 0 Å². The van der Waals surface area contributed by atoms with E-state index >= 15 is 0 Å². The van der Waals surface area contributed by atoms with Crippen molar-refractivity contribution in [1.82, 2.24) is 10.2 Å². The molecule has 2 aliphatic heterocycles. The van der Waals surface area contributed by atoms with Crippen molar-refractivity contribution in [3.8, 4) is 0 Å². The summed E-state index contributed by atoms with van der Waals surface area (Å²) in [5, 5.41) is 3.21. The standard InChI is InChI=1S/C24H29N3O2/c1-26-14-12-19(13-15-26)25-22(28)17-24(16-18-8-4-3-5-9-18)20-10-6-7-11-21(20)27(2)23(24)29/h3-11,19H,12-17H2,1-2H3,(H,25,28)/t24-/m1/s1. The SMILES string of the molecule is CN1CCC(NC(=O)C[C@@]2(Cc3ccccc3)C(=O)N(C)c3ccccc32)CC1. The number of rotatable bonds is 5. The molecule has 2 aliphatic rings. The van der Waals surface area contributed by atoms with E-state index in [0.717, 1.165) is 42.7 Å². The minimum atomic E-state index is -0.859. The van der Waals surface area contributed by atoms with E-state index in [0.29, 0.717) is 6.42 Å². The number of amides is 2. The number of nitrogens with one attached hydrogen (secondary N) is 1. The van der Waals surface area contributed by atoms with Gasteiger partial charge in [-0.05, 0) is 56.6 Å². The summed E-state index contributed by atoms with van der Waals surface area (Å²) in [6.07, 6.45) is 2.61. The van der Waals surface area contributed by atoms with Crippen molar-refractivity contribution < 1.29 is 9.59 Å².